The van der Waals surface area contributed by atoms with Crippen LogP contribution in [0.5, 0.6) is 5.75 Å². The Labute approximate surface area is 180 Å². The number of nitrogens with zero attached hydrogens (tertiary/aromatic N) is 3. The molecule has 0 atom stereocenters. The molecule has 0 aliphatic carbocycles. The molecule has 1 aliphatic rings. The van der Waals surface area contributed by atoms with Gasteiger partial charge in [0, 0.05) is 31.6 Å². The lowest BCUT2D eigenvalue weighted by atomic mass is 9.97. The van der Waals surface area contributed by atoms with E-state index in [1.165, 1.54) is 17.8 Å². The maximum Gasteiger partial charge on any atom is 0.191 e. The van der Waals surface area contributed by atoms with Crippen LogP contribution in [0.3, 0.4) is 0 Å². The molecule has 1 saturated heterocycles. The Morgan fingerprint density at radius 2 is 2.10 bits per heavy atom. The number of hydrogen-bond donors (Lipinski definition) is 2. The molecule has 30 heavy (non-hydrogen) atoms. The lowest BCUT2D eigenvalue weighted by Crippen LogP contribution is -2.43. The van der Waals surface area contributed by atoms with E-state index in [0.717, 1.165) is 50.1 Å². The number of likely N-dealkylation sites (tertiary alicyclic amines) is 1. The molecule has 0 spiro atoms. The Morgan fingerprint density at radius 3 is 2.77 bits per heavy atom. The molecule has 164 valence electrons. The molecule has 0 unspecified atom stereocenters. The highest BCUT2D eigenvalue weighted by molar-refractivity contribution is 7.09. The molecule has 0 amide bonds. The molecular weight excluding hydrogens is 408 g/mol. The Hall–Kier alpha value is -2.26. The average Bonchev–Trinajstić information content (AvgIpc) is 3.14. The fraction of sp³-hybridized carbons (Fsp3) is 0.524. The maximum atomic E-state index is 13.6. The van der Waals surface area contributed by atoms with Gasteiger partial charge >= 0.3 is 0 Å². The summed E-state index contributed by atoms with van der Waals surface area (Å²) in [6, 6.07) is 3.28. The highest BCUT2D eigenvalue weighted by Crippen LogP contribution is 2.19. The van der Waals surface area contributed by atoms with Crippen LogP contribution in [0.25, 0.3) is 0 Å². The van der Waals surface area contributed by atoms with E-state index in [1.54, 1.807) is 18.4 Å². The monoisotopic (exact) mass is 437 g/mol. The van der Waals surface area contributed by atoms with Gasteiger partial charge in [0.1, 0.15) is 12.4 Å². The molecule has 0 radical (unpaired) electrons. The zero-order valence-corrected chi connectivity index (χ0v) is 18.3. The molecule has 3 rings (SSSR count). The molecule has 1 aliphatic heterocycles. The number of aliphatic imine (C=N–C) groups is 1. The number of aryl methyl sites for hydroxylation is 1. The van der Waals surface area contributed by atoms with Crippen LogP contribution in [0.4, 0.5) is 8.78 Å². The molecule has 1 aromatic carbocycles. The summed E-state index contributed by atoms with van der Waals surface area (Å²) in [5, 5.41) is 9.78. The van der Waals surface area contributed by atoms with Crippen molar-refractivity contribution in [2.75, 3.05) is 39.8 Å². The van der Waals surface area contributed by atoms with Crippen LogP contribution in [-0.4, -0.2) is 55.7 Å². The number of thiazole rings is 1. The number of ether oxygens (including phenoxy) is 1. The first-order valence-corrected chi connectivity index (χ1v) is 11.1. The number of nitrogens with one attached hydrogen (secondary N) is 2. The summed E-state index contributed by atoms with van der Waals surface area (Å²) in [5.41, 5.74) is 1.17. The van der Waals surface area contributed by atoms with Crippen molar-refractivity contribution in [3.63, 3.8) is 0 Å². The first-order valence-electron chi connectivity index (χ1n) is 10.2. The predicted octanol–water partition coefficient (Wildman–Crippen LogP) is 3.19. The number of halogens is 2. The molecule has 1 fully saturated rings. The fourth-order valence-electron chi connectivity index (χ4n) is 3.44. The summed E-state index contributed by atoms with van der Waals surface area (Å²) < 4.78 is 31.8. The fourth-order valence-corrected chi connectivity index (χ4v) is 4.05. The van der Waals surface area contributed by atoms with Gasteiger partial charge in [0.05, 0.1) is 17.2 Å². The Kier molecular flexibility index (Phi) is 8.39. The van der Waals surface area contributed by atoms with E-state index < -0.39 is 11.6 Å². The number of benzene rings is 1. The van der Waals surface area contributed by atoms with Gasteiger partial charge in [-0.25, -0.2) is 13.8 Å². The highest BCUT2D eigenvalue weighted by atomic mass is 32.1. The summed E-state index contributed by atoms with van der Waals surface area (Å²) in [6.07, 6.45) is 2.28. The van der Waals surface area contributed by atoms with Crippen LogP contribution in [0.1, 0.15) is 23.5 Å². The van der Waals surface area contributed by atoms with Crippen molar-refractivity contribution in [2.24, 2.45) is 10.9 Å². The van der Waals surface area contributed by atoms with Gasteiger partial charge in [-0.05, 0) is 50.9 Å². The minimum atomic E-state index is -0.700. The molecule has 2 N–H and O–H groups in total. The second-order valence-electron chi connectivity index (χ2n) is 7.38. The molecule has 1 aromatic heterocycles. The van der Waals surface area contributed by atoms with Crippen LogP contribution in [0.15, 0.2) is 28.6 Å². The highest BCUT2D eigenvalue weighted by Gasteiger charge is 2.20. The summed E-state index contributed by atoms with van der Waals surface area (Å²) >= 11 is 1.70. The molecule has 9 heteroatoms. The third kappa shape index (κ3) is 6.91. The summed E-state index contributed by atoms with van der Waals surface area (Å²) in [7, 11) is 1.72. The number of hydrogen-bond acceptors (Lipinski definition) is 5. The van der Waals surface area contributed by atoms with Crippen molar-refractivity contribution < 1.29 is 13.5 Å². The van der Waals surface area contributed by atoms with Gasteiger partial charge in [0.25, 0.3) is 0 Å². The summed E-state index contributed by atoms with van der Waals surface area (Å²) in [5.74, 6) is 0.0150. The lowest BCUT2D eigenvalue weighted by molar-refractivity contribution is 0.176. The second kappa shape index (κ2) is 11.2. The Bertz CT molecular complexity index is 837. The zero-order chi connectivity index (χ0) is 21.3. The largest absolute Gasteiger partial charge is 0.489 e. The third-order valence-electron chi connectivity index (χ3n) is 5.09. The minimum absolute atomic E-state index is 0.0423. The quantitative estimate of drug-likeness (QED) is 0.377. The zero-order valence-electron chi connectivity index (χ0n) is 17.5. The van der Waals surface area contributed by atoms with Gasteiger partial charge in [0.15, 0.2) is 17.5 Å². The van der Waals surface area contributed by atoms with Crippen LogP contribution < -0.4 is 15.4 Å². The molecular formula is C21H29F2N5OS. The van der Waals surface area contributed by atoms with E-state index in [9.17, 15) is 8.78 Å². The van der Waals surface area contributed by atoms with Crippen molar-refractivity contribution in [1.29, 1.82) is 0 Å². The molecule has 2 heterocycles. The van der Waals surface area contributed by atoms with E-state index in [2.05, 4.69) is 30.9 Å². The molecule has 0 saturated carbocycles. The van der Waals surface area contributed by atoms with E-state index in [0.29, 0.717) is 18.4 Å². The normalized spacial score (nSPS) is 15.9. The third-order valence-corrected chi connectivity index (χ3v) is 5.91. The van der Waals surface area contributed by atoms with Gasteiger partial charge in [-0.3, -0.25) is 9.89 Å². The van der Waals surface area contributed by atoms with E-state index in [4.69, 9.17) is 4.74 Å². The molecule has 0 bridgehead atoms. The van der Waals surface area contributed by atoms with Crippen LogP contribution in [-0.2, 0) is 6.54 Å². The molecule has 2 aromatic rings. The van der Waals surface area contributed by atoms with Crippen LogP contribution in [0, 0.1) is 24.5 Å². The van der Waals surface area contributed by atoms with Gasteiger partial charge in [0.2, 0.25) is 0 Å². The lowest BCUT2D eigenvalue weighted by Gasteiger charge is -2.31. The van der Waals surface area contributed by atoms with E-state index >= 15 is 0 Å². The summed E-state index contributed by atoms with van der Waals surface area (Å²) in [6.45, 7) is 6.69. The SMILES string of the molecule is CN=C(NCCOc1ccc(F)cc1F)NCC1CCN(Cc2csc(C)n2)CC1. The number of aromatic nitrogens is 1. The average molecular weight is 438 g/mol. The van der Waals surface area contributed by atoms with Crippen LogP contribution >= 0.6 is 11.3 Å². The van der Waals surface area contributed by atoms with Gasteiger partial charge in [-0.1, -0.05) is 0 Å². The number of piperidine rings is 1. The number of guanidine groups is 1. The number of rotatable bonds is 8. The van der Waals surface area contributed by atoms with Gasteiger partial charge < -0.3 is 15.4 Å². The minimum Gasteiger partial charge on any atom is -0.489 e. The Morgan fingerprint density at radius 1 is 1.30 bits per heavy atom. The van der Waals surface area contributed by atoms with Gasteiger partial charge in [-0.15, -0.1) is 11.3 Å². The van der Waals surface area contributed by atoms with Gasteiger partial charge in [-0.2, -0.15) is 0 Å². The smallest absolute Gasteiger partial charge is 0.191 e. The van der Waals surface area contributed by atoms with Crippen molar-refractivity contribution >= 4 is 17.3 Å². The predicted molar refractivity (Wildman–Crippen MR) is 116 cm³/mol. The van der Waals surface area contributed by atoms with E-state index in [1.807, 2.05) is 6.92 Å². The maximum absolute atomic E-state index is 13.6. The van der Waals surface area contributed by atoms with Crippen molar-refractivity contribution in [3.05, 3.63) is 45.9 Å². The molecule has 6 nitrogen and oxygen atoms in total. The first-order chi connectivity index (χ1) is 14.5. The van der Waals surface area contributed by atoms with Crippen molar-refractivity contribution in [1.82, 2.24) is 20.5 Å². The first kappa shape index (κ1) is 22.4. The topological polar surface area (TPSA) is 61.8 Å². The Balaban J connectivity index is 1.31. The summed E-state index contributed by atoms with van der Waals surface area (Å²) in [4.78, 5) is 11.2. The van der Waals surface area contributed by atoms with Crippen LogP contribution in [0.2, 0.25) is 0 Å². The second-order valence-corrected chi connectivity index (χ2v) is 8.44. The van der Waals surface area contributed by atoms with Crippen molar-refractivity contribution in [3.8, 4) is 5.75 Å². The van der Waals surface area contributed by atoms with Crippen molar-refractivity contribution in [2.45, 2.75) is 26.3 Å². The standard InChI is InChI=1S/C21H29F2N5OS/c1-15-27-18(14-30-15)13-28-8-5-16(6-9-28)12-26-21(24-2)25-7-10-29-20-4-3-17(22)11-19(20)23/h3-4,11,14,16H,5-10,12-13H2,1-2H3,(H2,24,25,26). The van der Waals surface area contributed by atoms with E-state index in [-0.39, 0.29) is 12.4 Å².